The monoisotopic (exact) mass is 423 g/mol. The Morgan fingerprint density at radius 1 is 1.00 bits per heavy atom. The van der Waals surface area contributed by atoms with Crippen molar-refractivity contribution in [3.05, 3.63) is 79.5 Å². The molecule has 1 aliphatic rings. The number of para-hydroxylation sites is 3. The molecule has 1 saturated heterocycles. The van der Waals surface area contributed by atoms with Crippen molar-refractivity contribution in [1.29, 1.82) is 0 Å². The molecule has 4 rings (SSSR count). The van der Waals surface area contributed by atoms with Gasteiger partial charge in [-0.2, -0.15) is 0 Å². The molecule has 0 radical (unpaired) electrons. The maximum absolute atomic E-state index is 12.7. The van der Waals surface area contributed by atoms with Crippen molar-refractivity contribution in [3.63, 3.8) is 0 Å². The van der Waals surface area contributed by atoms with Gasteiger partial charge in [-0.3, -0.25) is 29.3 Å². The van der Waals surface area contributed by atoms with Gasteiger partial charge in [-0.25, -0.2) is 4.79 Å². The molecule has 1 N–H and O–H groups in total. The van der Waals surface area contributed by atoms with Crippen LogP contribution < -0.4 is 16.1 Å². The Morgan fingerprint density at radius 2 is 1.68 bits per heavy atom. The van der Waals surface area contributed by atoms with Crippen molar-refractivity contribution >= 4 is 28.2 Å². The molecule has 0 unspecified atom stereocenters. The van der Waals surface area contributed by atoms with Crippen LogP contribution in [0.2, 0.25) is 0 Å². The summed E-state index contributed by atoms with van der Waals surface area (Å²) in [4.78, 5) is 53.7. The van der Waals surface area contributed by atoms with Gasteiger partial charge in [-0.15, -0.1) is 0 Å². The number of hydrogen-bond donors (Lipinski definition) is 1. The normalized spacial score (nSPS) is 14.1. The van der Waals surface area contributed by atoms with E-state index >= 15 is 0 Å². The molecule has 3 aromatic rings. The summed E-state index contributed by atoms with van der Waals surface area (Å²) in [5.74, 6) is -0.107. The third-order valence-electron chi connectivity index (χ3n) is 5.51. The van der Waals surface area contributed by atoms with Crippen molar-refractivity contribution in [1.82, 2.24) is 14.5 Å². The Balaban J connectivity index is 1.42. The van der Waals surface area contributed by atoms with Crippen LogP contribution in [0.1, 0.15) is 6.42 Å². The minimum Gasteiger partial charge on any atom is -0.362 e. The quantitative estimate of drug-likeness (QED) is 0.488. The summed E-state index contributed by atoms with van der Waals surface area (Å²) in [6.45, 7) is 1.99. The van der Waals surface area contributed by atoms with Gasteiger partial charge < -0.3 is 9.80 Å². The zero-order valence-electron chi connectivity index (χ0n) is 16.7. The number of piperazine rings is 1. The molecule has 1 fully saturated rings. The molecule has 0 saturated carbocycles. The summed E-state index contributed by atoms with van der Waals surface area (Å²) < 4.78 is 1.40. The van der Waals surface area contributed by atoms with E-state index in [2.05, 4.69) is 4.98 Å². The van der Waals surface area contributed by atoms with Crippen molar-refractivity contribution in [2.45, 2.75) is 13.0 Å². The first-order chi connectivity index (χ1) is 15.0. The fourth-order valence-electron chi connectivity index (χ4n) is 3.91. The van der Waals surface area contributed by atoms with Crippen LogP contribution in [0.15, 0.2) is 58.1 Å². The molecule has 0 spiro atoms. The lowest BCUT2D eigenvalue weighted by Crippen LogP contribution is -2.49. The fraction of sp³-hybridized carbons (Fsp3) is 0.286. The van der Waals surface area contributed by atoms with Crippen LogP contribution in [0.25, 0.3) is 10.9 Å². The number of H-pyrrole nitrogens is 1. The van der Waals surface area contributed by atoms with E-state index in [0.717, 1.165) is 0 Å². The lowest BCUT2D eigenvalue weighted by Gasteiger charge is -2.35. The molecule has 2 aromatic carbocycles. The number of nitrogens with one attached hydrogen (secondary N) is 1. The molecule has 0 atom stereocenters. The molecular formula is C21H21N5O5. The number of fused-ring (bicyclic) bond motifs is 1. The molecule has 1 aliphatic heterocycles. The van der Waals surface area contributed by atoms with Crippen LogP contribution in [0.3, 0.4) is 0 Å². The number of benzene rings is 2. The molecule has 0 aliphatic carbocycles. The minimum atomic E-state index is -0.544. The van der Waals surface area contributed by atoms with Gasteiger partial charge in [0, 0.05) is 45.2 Å². The maximum Gasteiger partial charge on any atom is 0.328 e. The van der Waals surface area contributed by atoms with Crippen molar-refractivity contribution in [2.75, 3.05) is 31.1 Å². The fourth-order valence-corrected chi connectivity index (χ4v) is 3.91. The molecule has 1 amide bonds. The Hall–Kier alpha value is -3.95. The standard InChI is InChI=1S/C21H21N5O5/c27-19(9-10-25-16-6-2-1-5-15(16)20(28)22-21(25)29)24-13-11-23(12-14-24)17-7-3-4-8-18(17)26(30)31/h1-8H,9-14H2,(H,22,28,29). The van der Waals surface area contributed by atoms with Crippen LogP contribution in [-0.2, 0) is 11.3 Å². The highest BCUT2D eigenvalue weighted by Gasteiger charge is 2.25. The number of hydrogen-bond acceptors (Lipinski definition) is 6. The predicted octanol–water partition coefficient (Wildman–Crippen LogP) is 1.34. The zero-order chi connectivity index (χ0) is 22.0. The first-order valence-electron chi connectivity index (χ1n) is 9.93. The number of aromatic nitrogens is 2. The number of carbonyl (C=O) groups excluding carboxylic acids is 1. The highest BCUT2D eigenvalue weighted by Crippen LogP contribution is 2.28. The van der Waals surface area contributed by atoms with E-state index in [-0.39, 0.29) is 24.6 Å². The summed E-state index contributed by atoms with van der Waals surface area (Å²) in [6, 6.07) is 13.3. The molecule has 10 nitrogen and oxygen atoms in total. The van der Waals surface area contributed by atoms with Crippen molar-refractivity contribution in [3.8, 4) is 0 Å². The van der Waals surface area contributed by atoms with Gasteiger partial charge in [0.15, 0.2) is 0 Å². The van der Waals surface area contributed by atoms with E-state index in [9.17, 15) is 24.5 Å². The zero-order valence-corrected chi connectivity index (χ0v) is 16.7. The van der Waals surface area contributed by atoms with Crippen LogP contribution >= 0.6 is 0 Å². The number of anilines is 1. The summed E-state index contributed by atoms with van der Waals surface area (Å²) in [6.07, 6.45) is 0.113. The Bertz CT molecular complexity index is 1260. The topological polar surface area (TPSA) is 122 Å². The van der Waals surface area contributed by atoms with Gasteiger partial charge in [0.25, 0.3) is 11.2 Å². The van der Waals surface area contributed by atoms with E-state index in [0.29, 0.717) is 42.8 Å². The lowest BCUT2D eigenvalue weighted by atomic mass is 10.2. The second kappa shape index (κ2) is 8.42. The van der Waals surface area contributed by atoms with E-state index < -0.39 is 16.2 Å². The van der Waals surface area contributed by atoms with Gasteiger partial charge >= 0.3 is 5.69 Å². The minimum absolute atomic E-state index is 0.0478. The molecule has 2 heterocycles. The van der Waals surface area contributed by atoms with Crippen molar-refractivity contribution in [2.24, 2.45) is 0 Å². The molecule has 10 heteroatoms. The predicted molar refractivity (Wildman–Crippen MR) is 115 cm³/mol. The average molecular weight is 423 g/mol. The summed E-state index contributed by atoms with van der Waals surface area (Å²) >= 11 is 0. The SMILES string of the molecule is O=C(CCn1c(=O)[nH]c(=O)c2ccccc21)N1CCN(c2ccccc2[N+](=O)[O-])CC1. The molecular weight excluding hydrogens is 402 g/mol. The van der Waals surface area contributed by atoms with Crippen LogP contribution in [-0.4, -0.2) is 51.5 Å². The number of carbonyl (C=O) groups is 1. The van der Waals surface area contributed by atoms with E-state index in [1.165, 1.54) is 10.6 Å². The number of aryl methyl sites for hydroxylation is 1. The van der Waals surface area contributed by atoms with Crippen LogP contribution in [0.4, 0.5) is 11.4 Å². The number of aromatic amines is 1. The van der Waals surface area contributed by atoms with Gasteiger partial charge in [0.05, 0.1) is 15.8 Å². The molecule has 160 valence electrons. The van der Waals surface area contributed by atoms with E-state index in [1.54, 1.807) is 47.4 Å². The number of amides is 1. The highest BCUT2D eigenvalue weighted by atomic mass is 16.6. The van der Waals surface area contributed by atoms with Gasteiger partial charge in [-0.1, -0.05) is 24.3 Å². The van der Waals surface area contributed by atoms with Crippen molar-refractivity contribution < 1.29 is 9.72 Å². The molecule has 31 heavy (non-hydrogen) atoms. The first-order valence-corrected chi connectivity index (χ1v) is 9.93. The first kappa shape index (κ1) is 20.3. The summed E-state index contributed by atoms with van der Waals surface area (Å²) in [5, 5.41) is 11.7. The molecule has 1 aromatic heterocycles. The largest absolute Gasteiger partial charge is 0.362 e. The van der Waals surface area contributed by atoms with Crippen LogP contribution in [0, 0.1) is 10.1 Å². The lowest BCUT2D eigenvalue weighted by molar-refractivity contribution is -0.384. The van der Waals surface area contributed by atoms with Gasteiger partial charge in [-0.05, 0) is 18.2 Å². The van der Waals surface area contributed by atoms with E-state index in [4.69, 9.17) is 0 Å². The number of nitro groups is 1. The van der Waals surface area contributed by atoms with E-state index in [1.807, 2.05) is 4.90 Å². The average Bonchev–Trinajstić information content (AvgIpc) is 2.79. The highest BCUT2D eigenvalue weighted by molar-refractivity contribution is 5.79. The molecule has 0 bridgehead atoms. The summed E-state index contributed by atoms with van der Waals surface area (Å²) in [5.41, 5.74) is 0.0923. The van der Waals surface area contributed by atoms with Gasteiger partial charge in [0.1, 0.15) is 5.69 Å². The Morgan fingerprint density at radius 3 is 2.42 bits per heavy atom. The number of rotatable bonds is 5. The third-order valence-corrected chi connectivity index (χ3v) is 5.51. The number of nitro benzene ring substituents is 1. The third kappa shape index (κ3) is 4.04. The smallest absolute Gasteiger partial charge is 0.328 e. The van der Waals surface area contributed by atoms with Gasteiger partial charge in [0.2, 0.25) is 5.91 Å². The second-order valence-electron chi connectivity index (χ2n) is 7.29. The summed E-state index contributed by atoms with van der Waals surface area (Å²) in [7, 11) is 0. The Kier molecular flexibility index (Phi) is 5.52. The second-order valence-corrected chi connectivity index (χ2v) is 7.29. The Labute approximate surface area is 176 Å². The maximum atomic E-state index is 12.7. The number of nitrogens with zero attached hydrogens (tertiary/aromatic N) is 4. The van der Waals surface area contributed by atoms with Crippen LogP contribution in [0.5, 0.6) is 0 Å².